The highest BCUT2D eigenvalue weighted by Crippen LogP contribution is 2.20. The lowest BCUT2D eigenvalue weighted by molar-refractivity contribution is -0.140. The molecule has 1 aromatic carbocycles. The molecule has 32 heavy (non-hydrogen) atoms. The molecule has 2 aromatic rings. The van der Waals surface area contributed by atoms with Crippen LogP contribution in [0.3, 0.4) is 0 Å². The van der Waals surface area contributed by atoms with Gasteiger partial charge in [0.2, 0.25) is 5.95 Å². The summed E-state index contributed by atoms with van der Waals surface area (Å²) in [6.45, 7) is 0.333. The molecule has 13 nitrogen and oxygen atoms in total. The lowest BCUT2D eigenvalue weighted by Gasteiger charge is -2.27. The molecule has 0 radical (unpaired) electrons. The summed E-state index contributed by atoms with van der Waals surface area (Å²) in [6, 6.07) is -4.61. The van der Waals surface area contributed by atoms with E-state index in [4.69, 9.17) is 16.3 Å². The number of hydrogen-bond donors (Lipinski definition) is 8. The summed E-state index contributed by atoms with van der Waals surface area (Å²) >= 11 is 0. The first-order valence-corrected chi connectivity index (χ1v) is 9.40. The molecule has 0 bridgehead atoms. The van der Waals surface area contributed by atoms with Crippen LogP contribution in [0.15, 0.2) is 29.0 Å². The number of H-pyrrole nitrogens is 1. The van der Waals surface area contributed by atoms with E-state index in [9.17, 15) is 24.3 Å². The Morgan fingerprint density at radius 1 is 1.28 bits per heavy atom. The fraction of sp³-hybridized carbons (Fsp3) is 0.316. The minimum absolute atomic E-state index is 0.0503. The zero-order valence-corrected chi connectivity index (χ0v) is 16.5. The van der Waals surface area contributed by atoms with Crippen LogP contribution >= 0.6 is 0 Å². The zero-order valence-electron chi connectivity index (χ0n) is 20.5. The van der Waals surface area contributed by atoms with Crippen molar-refractivity contribution in [2.45, 2.75) is 24.9 Å². The van der Waals surface area contributed by atoms with Crippen LogP contribution in [0.25, 0.3) is 0 Å². The summed E-state index contributed by atoms with van der Waals surface area (Å²) in [4.78, 5) is 53.1. The largest absolute Gasteiger partial charge is 0.481 e. The molecule has 2 atom stereocenters. The van der Waals surface area contributed by atoms with Crippen molar-refractivity contribution in [1.29, 1.82) is 0 Å². The van der Waals surface area contributed by atoms with Gasteiger partial charge in [-0.1, -0.05) is 0 Å². The highest BCUT2D eigenvalue weighted by Gasteiger charge is 2.23. The van der Waals surface area contributed by atoms with Gasteiger partial charge in [0.15, 0.2) is 5.82 Å². The Hall–Kier alpha value is -4.29. The number of carboxylic acid groups (broad SMARTS) is 2. The van der Waals surface area contributed by atoms with E-state index in [2.05, 4.69) is 31.2 Å². The van der Waals surface area contributed by atoms with E-state index in [1.165, 1.54) is 0 Å². The molecule has 13 heteroatoms. The first-order valence-electron chi connectivity index (χ1n) is 11.4. The topological polar surface area (TPSA) is 212 Å². The van der Waals surface area contributed by atoms with Gasteiger partial charge in [0.1, 0.15) is 11.7 Å². The summed E-state index contributed by atoms with van der Waals surface area (Å²) in [5.41, 5.74) is 4.26. The van der Waals surface area contributed by atoms with Crippen molar-refractivity contribution in [1.82, 2.24) is 15.3 Å². The number of aromatic nitrogens is 2. The number of rotatable bonds is 9. The highest BCUT2D eigenvalue weighted by molar-refractivity contribution is 5.96. The number of aliphatic carboxylic acids is 2. The van der Waals surface area contributed by atoms with E-state index < -0.39 is 78.1 Å². The molecule has 0 fully saturated rings. The number of carboxylic acids is 2. The van der Waals surface area contributed by atoms with Crippen molar-refractivity contribution < 1.29 is 30.1 Å². The number of aromatic amines is 1. The van der Waals surface area contributed by atoms with E-state index in [0.29, 0.717) is 0 Å². The molecule has 1 amide bonds. The maximum atomic E-state index is 12.6. The third-order valence-electron chi connectivity index (χ3n) is 4.43. The molecule has 0 saturated carbocycles. The van der Waals surface area contributed by atoms with Crippen molar-refractivity contribution in [3.05, 3.63) is 40.1 Å². The predicted octanol–water partition coefficient (Wildman–Crippen LogP) is -0.282. The van der Waals surface area contributed by atoms with Crippen molar-refractivity contribution in [3.63, 3.8) is 0 Å². The van der Waals surface area contributed by atoms with Crippen LogP contribution < -0.4 is 32.6 Å². The fourth-order valence-electron chi connectivity index (χ4n) is 2.85. The van der Waals surface area contributed by atoms with Gasteiger partial charge < -0.3 is 37.2 Å². The second kappa shape index (κ2) is 9.68. The Balaban J connectivity index is 1.78. The maximum Gasteiger partial charge on any atom is 0.326 e. The maximum absolute atomic E-state index is 12.6. The van der Waals surface area contributed by atoms with Crippen LogP contribution in [0.5, 0.6) is 0 Å². The van der Waals surface area contributed by atoms with Gasteiger partial charge in [-0.3, -0.25) is 19.4 Å². The Morgan fingerprint density at radius 2 is 2.00 bits per heavy atom. The molecule has 1 unspecified atom stereocenters. The van der Waals surface area contributed by atoms with Gasteiger partial charge in [0, 0.05) is 30.8 Å². The van der Waals surface area contributed by atoms with Crippen molar-refractivity contribution >= 4 is 41.0 Å². The van der Waals surface area contributed by atoms with Crippen LogP contribution in [0, 0.1) is 0 Å². The van der Waals surface area contributed by atoms with E-state index in [1.54, 1.807) is 0 Å². The summed E-state index contributed by atoms with van der Waals surface area (Å²) in [5, 5.41) is 28.7. The molecule has 0 saturated heterocycles. The highest BCUT2D eigenvalue weighted by atomic mass is 16.4. The Bertz CT molecular complexity index is 1260. The summed E-state index contributed by atoms with van der Waals surface area (Å²) in [5.74, 6) is -3.77. The van der Waals surface area contributed by atoms with Crippen molar-refractivity contribution in [2.75, 3.05) is 34.8 Å². The van der Waals surface area contributed by atoms with Crippen molar-refractivity contribution in [2.24, 2.45) is 0 Å². The van der Waals surface area contributed by atoms with Gasteiger partial charge in [-0.2, -0.15) is 4.98 Å². The number of anilines is 4. The third-order valence-corrected chi connectivity index (χ3v) is 4.43. The SMILES string of the molecule is [2H]c1c([2H])c(C(=O)N[C@@H](CCC(=O)O)C(=O)O)c([2H])c([2H])c1NCC1CNc2nc(N)[nH]c(=O)c2N1. The number of fused-ring (bicyclic) bond motifs is 1. The van der Waals surface area contributed by atoms with Gasteiger partial charge in [0.25, 0.3) is 11.5 Å². The molecule has 2 heterocycles. The summed E-state index contributed by atoms with van der Waals surface area (Å²) < 4.78 is 32.8. The molecule has 1 aliphatic rings. The molecule has 3 rings (SSSR count). The lowest BCUT2D eigenvalue weighted by Crippen LogP contribution is -2.41. The second-order valence-corrected chi connectivity index (χ2v) is 6.82. The predicted molar refractivity (Wildman–Crippen MR) is 116 cm³/mol. The molecule has 0 spiro atoms. The average molecular weight is 449 g/mol. The normalized spacial score (nSPS) is 17.2. The number of nitrogens with one attached hydrogen (secondary N) is 5. The van der Waals surface area contributed by atoms with Gasteiger partial charge in [-0.05, 0) is 30.6 Å². The van der Waals surface area contributed by atoms with Gasteiger partial charge in [-0.25, -0.2) is 4.79 Å². The molecule has 1 aliphatic heterocycles. The average Bonchev–Trinajstić information content (AvgIpc) is 2.80. The number of carbonyl (C=O) groups is 3. The molecular weight excluding hydrogens is 422 g/mol. The van der Waals surface area contributed by atoms with E-state index in [1.807, 2.05) is 0 Å². The molecular formula is C19H23N7O6. The van der Waals surface area contributed by atoms with Gasteiger partial charge in [0.05, 0.1) is 11.5 Å². The van der Waals surface area contributed by atoms with Crippen LogP contribution in [-0.4, -0.2) is 63.2 Å². The number of nitrogen functional groups attached to an aromatic ring is 1. The number of amides is 1. The smallest absolute Gasteiger partial charge is 0.326 e. The molecule has 1 aromatic heterocycles. The van der Waals surface area contributed by atoms with E-state index in [-0.39, 0.29) is 36.2 Å². The quantitative estimate of drug-likeness (QED) is 0.249. The Morgan fingerprint density at radius 3 is 2.66 bits per heavy atom. The first kappa shape index (κ1) is 17.4. The number of nitrogens with two attached hydrogens (primary N) is 1. The standard InChI is InChI=1S/C19H23N7O6/c20-19-25-15-14(17(30)26-19)23-11(8-22-15)7-21-10-3-1-9(2-4-10)16(29)24-12(18(31)32)5-6-13(27)28/h1-4,11-12,21,23H,5-8H2,(H,24,29)(H,27,28)(H,31,32)(H4,20,22,25,26,30)/t11?,12-/m0/s1/i1D,2D,3D,4D. The molecule has 9 N–H and O–H groups in total. The molecule has 0 aliphatic carbocycles. The van der Waals surface area contributed by atoms with Crippen LogP contribution in [-0.2, 0) is 9.59 Å². The third kappa shape index (κ3) is 5.65. The number of benzene rings is 1. The number of hydrogen-bond acceptors (Lipinski definition) is 9. The minimum atomic E-state index is -1.60. The van der Waals surface area contributed by atoms with Gasteiger partial charge >= 0.3 is 11.9 Å². The minimum Gasteiger partial charge on any atom is -0.481 e. The number of carbonyl (C=O) groups excluding carboxylic acids is 1. The molecule has 170 valence electrons. The first-order chi connectivity index (χ1) is 16.9. The van der Waals surface area contributed by atoms with Crippen molar-refractivity contribution in [3.8, 4) is 0 Å². The number of nitrogens with zero attached hydrogens (tertiary/aromatic N) is 1. The zero-order chi connectivity index (χ0) is 26.7. The summed E-state index contributed by atoms with van der Waals surface area (Å²) in [6.07, 6.45) is -0.979. The van der Waals surface area contributed by atoms with E-state index in [0.717, 1.165) is 0 Å². The summed E-state index contributed by atoms with van der Waals surface area (Å²) in [7, 11) is 0. The van der Waals surface area contributed by atoms with Crippen LogP contribution in [0.1, 0.15) is 28.7 Å². The fourth-order valence-corrected chi connectivity index (χ4v) is 2.85. The van der Waals surface area contributed by atoms with Crippen LogP contribution in [0.2, 0.25) is 0 Å². The monoisotopic (exact) mass is 449 g/mol. The van der Waals surface area contributed by atoms with Crippen LogP contribution in [0.4, 0.5) is 23.1 Å². The lowest BCUT2D eigenvalue weighted by atomic mass is 10.1. The Kier molecular flexibility index (Phi) is 5.26. The van der Waals surface area contributed by atoms with E-state index >= 15 is 0 Å². The Labute approximate surface area is 187 Å². The second-order valence-electron chi connectivity index (χ2n) is 6.82. The van der Waals surface area contributed by atoms with Gasteiger partial charge in [-0.15, -0.1) is 0 Å².